The van der Waals surface area contributed by atoms with Gasteiger partial charge in [0.15, 0.2) is 0 Å². The number of nitrogens with one attached hydrogen (secondary N) is 1. The zero-order valence-corrected chi connectivity index (χ0v) is 17.0. The highest BCUT2D eigenvalue weighted by molar-refractivity contribution is 7.92. The normalized spacial score (nSPS) is 11.8. The van der Waals surface area contributed by atoms with Crippen molar-refractivity contribution >= 4 is 21.6 Å². The maximum absolute atomic E-state index is 12.4. The summed E-state index contributed by atoms with van der Waals surface area (Å²) in [6.07, 6.45) is 1.32. The number of amides is 1. The molecule has 0 aromatic heterocycles. The summed E-state index contributed by atoms with van der Waals surface area (Å²) in [5.41, 5.74) is 2.56. The number of benzene rings is 1. The number of anilines is 1. The van der Waals surface area contributed by atoms with Crippen LogP contribution in [0.1, 0.15) is 37.3 Å². The second-order valence-corrected chi connectivity index (χ2v) is 8.81. The lowest BCUT2D eigenvalue weighted by atomic mass is 9.98. The van der Waals surface area contributed by atoms with Gasteiger partial charge in [-0.05, 0) is 38.1 Å². The molecule has 6 nitrogen and oxygen atoms in total. The third-order valence-corrected chi connectivity index (χ3v) is 5.13. The zero-order valence-electron chi connectivity index (χ0n) is 16.2. The Hall–Kier alpha value is -1.60. The molecule has 1 aromatic rings. The topological polar surface area (TPSA) is 69.7 Å². The third-order valence-electron chi connectivity index (χ3n) is 3.96. The van der Waals surface area contributed by atoms with Gasteiger partial charge in [-0.1, -0.05) is 32.0 Å². The first-order valence-corrected chi connectivity index (χ1v) is 10.4. The van der Waals surface area contributed by atoms with E-state index in [1.54, 1.807) is 0 Å². The second kappa shape index (κ2) is 9.20. The zero-order chi connectivity index (χ0) is 19.2. The van der Waals surface area contributed by atoms with Crippen LogP contribution >= 0.6 is 0 Å². The molecule has 0 bridgehead atoms. The summed E-state index contributed by atoms with van der Waals surface area (Å²) < 4.78 is 26.1. The van der Waals surface area contributed by atoms with Gasteiger partial charge in [0.1, 0.15) is 0 Å². The van der Waals surface area contributed by atoms with Gasteiger partial charge in [-0.15, -0.1) is 0 Å². The van der Waals surface area contributed by atoms with Gasteiger partial charge in [-0.25, -0.2) is 8.42 Å². The summed E-state index contributed by atoms with van der Waals surface area (Å²) in [5.74, 6) is 0.0447. The summed E-state index contributed by atoms with van der Waals surface area (Å²) in [6.45, 7) is 7.40. The predicted octanol–water partition coefficient (Wildman–Crippen LogP) is 1.95. The summed E-state index contributed by atoms with van der Waals surface area (Å²) in [7, 11) is 0.386. The molecule has 1 N–H and O–H groups in total. The van der Waals surface area contributed by atoms with Gasteiger partial charge in [-0.2, -0.15) is 0 Å². The average molecular weight is 370 g/mol. The van der Waals surface area contributed by atoms with Gasteiger partial charge >= 0.3 is 0 Å². The lowest BCUT2D eigenvalue weighted by Crippen LogP contribution is -2.37. The Bertz CT molecular complexity index is 685. The number of nitrogens with zero attached hydrogens (tertiary/aromatic N) is 2. The monoisotopic (exact) mass is 369 g/mol. The molecule has 0 saturated heterocycles. The largest absolute Gasteiger partial charge is 0.355 e. The van der Waals surface area contributed by atoms with E-state index in [0.29, 0.717) is 12.2 Å². The fraction of sp³-hybridized carbons (Fsp3) is 0.611. The van der Waals surface area contributed by atoms with E-state index in [1.165, 1.54) is 10.6 Å². The van der Waals surface area contributed by atoms with Crippen LogP contribution in [0.15, 0.2) is 18.2 Å². The third kappa shape index (κ3) is 6.66. The maximum Gasteiger partial charge on any atom is 0.232 e. The van der Waals surface area contributed by atoms with Crippen LogP contribution < -0.4 is 9.62 Å². The van der Waals surface area contributed by atoms with E-state index >= 15 is 0 Å². The van der Waals surface area contributed by atoms with Crippen LogP contribution in [0, 0.1) is 6.92 Å². The fourth-order valence-corrected chi connectivity index (χ4v) is 3.65. The lowest BCUT2D eigenvalue weighted by molar-refractivity contribution is -0.120. The minimum absolute atomic E-state index is 0.131. The molecule has 0 radical (unpaired) electrons. The number of sulfonamides is 1. The maximum atomic E-state index is 12.4. The molecule has 0 unspecified atom stereocenters. The number of para-hydroxylation sites is 1. The van der Waals surface area contributed by atoms with Gasteiger partial charge < -0.3 is 10.2 Å². The quantitative estimate of drug-likeness (QED) is 0.722. The molecule has 0 atom stereocenters. The van der Waals surface area contributed by atoms with Crippen LogP contribution in [-0.2, 0) is 14.8 Å². The number of carbonyl (C=O) groups excluding carboxylic acids is 1. The standard InChI is InChI=1S/C18H31N3O3S/c1-14(2)16-9-7-8-15(3)18(16)21(25(6,23)24)12-10-17(22)19-11-13-20(4)5/h7-9,14H,10-13H2,1-6H3,(H,19,22). The molecule has 0 fully saturated rings. The first kappa shape index (κ1) is 21.4. The van der Waals surface area contributed by atoms with E-state index in [0.717, 1.165) is 17.7 Å². The molecule has 142 valence electrons. The summed E-state index contributed by atoms with van der Waals surface area (Å²) >= 11 is 0. The van der Waals surface area contributed by atoms with Crippen molar-refractivity contribution in [2.75, 3.05) is 44.3 Å². The molecule has 25 heavy (non-hydrogen) atoms. The number of likely N-dealkylation sites (N-methyl/N-ethyl adjacent to an activating group) is 1. The van der Waals surface area contributed by atoms with E-state index in [2.05, 4.69) is 5.32 Å². The molecule has 7 heteroatoms. The van der Waals surface area contributed by atoms with Crippen LogP contribution in [0.5, 0.6) is 0 Å². The highest BCUT2D eigenvalue weighted by Gasteiger charge is 2.23. The molecule has 0 aliphatic rings. The van der Waals surface area contributed by atoms with Crippen molar-refractivity contribution in [3.05, 3.63) is 29.3 Å². The molecule has 0 aliphatic heterocycles. The first-order chi connectivity index (χ1) is 11.5. The molecule has 0 heterocycles. The molecular weight excluding hydrogens is 338 g/mol. The highest BCUT2D eigenvalue weighted by atomic mass is 32.2. The molecule has 1 amide bonds. The van der Waals surface area contributed by atoms with Gasteiger partial charge in [0.2, 0.25) is 15.9 Å². The number of rotatable bonds is 9. The molecule has 0 spiro atoms. The van der Waals surface area contributed by atoms with Gasteiger partial charge in [0, 0.05) is 26.1 Å². The molecule has 1 aromatic carbocycles. The van der Waals surface area contributed by atoms with Crippen molar-refractivity contribution in [2.45, 2.75) is 33.1 Å². The van der Waals surface area contributed by atoms with E-state index < -0.39 is 10.0 Å². The SMILES string of the molecule is Cc1cccc(C(C)C)c1N(CCC(=O)NCCN(C)C)S(C)(=O)=O. The molecule has 1 rings (SSSR count). The number of hydrogen-bond acceptors (Lipinski definition) is 4. The van der Waals surface area contributed by atoms with Crippen LogP contribution in [0.2, 0.25) is 0 Å². The van der Waals surface area contributed by atoms with Gasteiger partial charge in [-0.3, -0.25) is 9.10 Å². The minimum atomic E-state index is -3.48. The summed E-state index contributed by atoms with van der Waals surface area (Å²) in [4.78, 5) is 14.0. The summed E-state index contributed by atoms with van der Waals surface area (Å²) in [6, 6.07) is 5.78. The summed E-state index contributed by atoms with van der Waals surface area (Å²) in [5, 5.41) is 2.82. The van der Waals surface area contributed by atoms with Crippen molar-refractivity contribution in [1.29, 1.82) is 0 Å². The second-order valence-electron chi connectivity index (χ2n) is 6.91. The first-order valence-electron chi connectivity index (χ1n) is 8.52. The fourth-order valence-electron chi connectivity index (χ4n) is 2.64. The lowest BCUT2D eigenvalue weighted by Gasteiger charge is -2.28. The van der Waals surface area contributed by atoms with Crippen molar-refractivity contribution in [1.82, 2.24) is 10.2 Å². The number of aryl methyl sites for hydroxylation is 1. The smallest absolute Gasteiger partial charge is 0.232 e. The van der Waals surface area contributed by atoms with Crippen LogP contribution in [0.4, 0.5) is 5.69 Å². The van der Waals surface area contributed by atoms with E-state index in [1.807, 2.05) is 58.0 Å². The average Bonchev–Trinajstić information content (AvgIpc) is 2.46. The Kier molecular flexibility index (Phi) is 7.89. The van der Waals surface area contributed by atoms with Crippen LogP contribution in [0.25, 0.3) is 0 Å². The Labute approximate surface area is 152 Å². The van der Waals surface area contributed by atoms with E-state index in [-0.39, 0.29) is 24.8 Å². The van der Waals surface area contributed by atoms with Crippen molar-refractivity contribution in [3.63, 3.8) is 0 Å². The Morgan fingerprint density at radius 3 is 2.36 bits per heavy atom. The Balaban J connectivity index is 2.97. The van der Waals surface area contributed by atoms with Crippen molar-refractivity contribution < 1.29 is 13.2 Å². The van der Waals surface area contributed by atoms with Crippen LogP contribution in [0.3, 0.4) is 0 Å². The van der Waals surface area contributed by atoms with Crippen LogP contribution in [-0.4, -0.2) is 59.2 Å². The van der Waals surface area contributed by atoms with Gasteiger partial charge in [0.05, 0.1) is 11.9 Å². The van der Waals surface area contributed by atoms with Gasteiger partial charge in [0.25, 0.3) is 0 Å². The highest BCUT2D eigenvalue weighted by Crippen LogP contribution is 2.32. The molecule has 0 saturated carbocycles. The van der Waals surface area contributed by atoms with Crippen molar-refractivity contribution in [3.8, 4) is 0 Å². The van der Waals surface area contributed by atoms with E-state index in [4.69, 9.17) is 0 Å². The Morgan fingerprint density at radius 2 is 1.84 bits per heavy atom. The minimum Gasteiger partial charge on any atom is -0.355 e. The number of carbonyl (C=O) groups is 1. The van der Waals surface area contributed by atoms with Crippen molar-refractivity contribution in [2.24, 2.45) is 0 Å². The molecular formula is C18H31N3O3S. The molecule has 0 aliphatic carbocycles. The predicted molar refractivity (Wildman–Crippen MR) is 104 cm³/mol. The Morgan fingerprint density at radius 1 is 1.20 bits per heavy atom. The van der Waals surface area contributed by atoms with E-state index in [9.17, 15) is 13.2 Å². The number of hydrogen-bond donors (Lipinski definition) is 1.